The molecule has 0 radical (unpaired) electrons. The normalized spacial score (nSPS) is 11.4. The molecule has 0 spiro atoms. The predicted octanol–water partition coefficient (Wildman–Crippen LogP) is 7.89. The van der Waals surface area contributed by atoms with Gasteiger partial charge < -0.3 is 0 Å². The summed E-state index contributed by atoms with van der Waals surface area (Å²) in [6, 6.07) is 40.7. The lowest BCUT2D eigenvalue weighted by atomic mass is 10.0. The Morgan fingerprint density at radius 1 is 0.488 bits per heavy atom. The van der Waals surface area contributed by atoms with Crippen molar-refractivity contribution >= 4 is 27.6 Å². The zero-order chi connectivity index (χ0) is 27.2. The molecule has 8 rings (SSSR count). The van der Waals surface area contributed by atoms with Crippen LogP contribution in [0, 0.1) is 0 Å². The number of benzene rings is 3. The van der Waals surface area contributed by atoms with Crippen LogP contribution in [0.1, 0.15) is 0 Å². The summed E-state index contributed by atoms with van der Waals surface area (Å²) in [6.45, 7) is 0. The summed E-state index contributed by atoms with van der Waals surface area (Å²) in [5, 5.41) is 2.16. The lowest BCUT2D eigenvalue weighted by Gasteiger charge is -2.10. The Morgan fingerprint density at radius 2 is 1.22 bits per heavy atom. The second kappa shape index (κ2) is 9.47. The summed E-state index contributed by atoms with van der Waals surface area (Å²) in [4.78, 5) is 24.4. The quantitative estimate of drug-likeness (QED) is 0.233. The van der Waals surface area contributed by atoms with E-state index < -0.39 is 0 Å². The van der Waals surface area contributed by atoms with E-state index in [9.17, 15) is 0 Å². The first-order chi connectivity index (χ1) is 20.3. The smallest absolute Gasteiger partial charge is 0.165 e. The van der Waals surface area contributed by atoms with Gasteiger partial charge in [0.1, 0.15) is 11.2 Å². The molecule has 0 saturated heterocycles. The molecule has 0 atom stereocenters. The average molecular weight is 527 g/mol. The van der Waals surface area contributed by atoms with Gasteiger partial charge in [0, 0.05) is 39.9 Å². The van der Waals surface area contributed by atoms with Crippen LogP contribution in [0.4, 0.5) is 0 Å². The highest BCUT2D eigenvalue weighted by Crippen LogP contribution is 2.34. The van der Waals surface area contributed by atoms with Gasteiger partial charge in [0.05, 0.1) is 22.8 Å². The predicted molar refractivity (Wildman–Crippen MR) is 163 cm³/mol. The van der Waals surface area contributed by atoms with Crippen LogP contribution in [-0.4, -0.2) is 29.3 Å². The largest absolute Gasteiger partial charge is 0.284 e. The lowest BCUT2D eigenvalue weighted by molar-refractivity contribution is 1.16. The third kappa shape index (κ3) is 4.01. The fraction of sp³-hybridized carbons (Fsp3) is 0. The summed E-state index contributed by atoms with van der Waals surface area (Å²) in [5.74, 6) is 0.665. The van der Waals surface area contributed by atoms with Crippen molar-refractivity contribution in [2.24, 2.45) is 0 Å². The molecule has 5 aromatic heterocycles. The average Bonchev–Trinajstić information content (AvgIpc) is 3.44. The van der Waals surface area contributed by atoms with Crippen molar-refractivity contribution in [3.8, 4) is 45.3 Å². The van der Waals surface area contributed by atoms with Gasteiger partial charge in [-0.2, -0.15) is 0 Å². The van der Waals surface area contributed by atoms with Crippen molar-refractivity contribution in [2.45, 2.75) is 0 Å². The molecule has 192 valence electrons. The molecule has 0 N–H and O–H groups in total. The van der Waals surface area contributed by atoms with Gasteiger partial charge in [-0.15, -0.1) is 0 Å². The Labute approximate surface area is 235 Å². The zero-order valence-corrected chi connectivity index (χ0v) is 21.9. The number of nitrogens with zero attached hydrogens (tertiary/aromatic N) is 6. The number of pyridine rings is 3. The molecule has 0 unspecified atom stereocenters. The highest BCUT2D eigenvalue weighted by molar-refractivity contribution is 6.09. The van der Waals surface area contributed by atoms with E-state index in [1.807, 2.05) is 83.4 Å². The molecule has 0 amide bonds. The summed E-state index contributed by atoms with van der Waals surface area (Å²) < 4.78 is 2.05. The molecule has 41 heavy (non-hydrogen) atoms. The maximum atomic E-state index is 5.14. The van der Waals surface area contributed by atoms with Gasteiger partial charge in [-0.1, -0.05) is 91.0 Å². The molecule has 0 fully saturated rings. The molecule has 3 aromatic carbocycles. The van der Waals surface area contributed by atoms with Crippen molar-refractivity contribution in [2.75, 3.05) is 0 Å². The second-order valence-corrected chi connectivity index (χ2v) is 9.84. The fourth-order valence-corrected chi connectivity index (χ4v) is 5.31. The SMILES string of the molecule is c1ccc(-c2nc(-c3ccc(-c4nc5c(nc6ccccn65)c5ccccc45)cc3)cc(-c3ccccn3)n2)cc1. The highest BCUT2D eigenvalue weighted by atomic mass is 15.1. The standard InChI is InChI=1S/C35H22N6/c1-2-10-25(11-3-1)34-37-29(22-30(38-34)28-14-6-8-20-36-28)23-16-18-24(19-17-23)32-26-12-4-5-13-27(26)33-35(40-32)41-21-9-7-15-31(41)39-33/h1-22H. The summed E-state index contributed by atoms with van der Waals surface area (Å²) in [7, 11) is 0. The van der Waals surface area contributed by atoms with E-state index in [4.69, 9.17) is 19.9 Å². The number of fused-ring (bicyclic) bond motifs is 5. The van der Waals surface area contributed by atoms with Gasteiger partial charge >= 0.3 is 0 Å². The van der Waals surface area contributed by atoms with E-state index in [-0.39, 0.29) is 0 Å². The van der Waals surface area contributed by atoms with E-state index in [2.05, 4.69) is 53.5 Å². The van der Waals surface area contributed by atoms with Gasteiger partial charge in [-0.05, 0) is 30.3 Å². The maximum absolute atomic E-state index is 5.14. The molecule has 6 nitrogen and oxygen atoms in total. The van der Waals surface area contributed by atoms with E-state index in [1.165, 1.54) is 0 Å². The molecule has 5 heterocycles. The molecule has 8 aromatic rings. The number of imidazole rings is 1. The van der Waals surface area contributed by atoms with Gasteiger partial charge in [0.25, 0.3) is 0 Å². The summed E-state index contributed by atoms with van der Waals surface area (Å²) >= 11 is 0. The van der Waals surface area contributed by atoms with Crippen molar-refractivity contribution in [3.63, 3.8) is 0 Å². The van der Waals surface area contributed by atoms with Crippen LogP contribution in [0.2, 0.25) is 0 Å². The molecule has 0 aliphatic carbocycles. The maximum Gasteiger partial charge on any atom is 0.165 e. The Kier molecular flexibility index (Phi) is 5.35. The van der Waals surface area contributed by atoms with Crippen LogP contribution in [0.25, 0.3) is 72.9 Å². The molecule has 0 aliphatic rings. The van der Waals surface area contributed by atoms with Crippen molar-refractivity contribution in [1.29, 1.82) is 0 Å². The monoisotopic (exact) mass is 526 g/mol. The van der Waals surface area contributed by atoms with Gasteiger partial charge in [-0.3, -0.25) is 9.38 Å². The van der Waals surface area contributed by atoms with Crippen LogP contribution >= 0.6 is 0 Å². The first-order valence-electron chi connectivity index (χ1n) is 13.4. The van der Waals surface area contributed by atoms with Crippen LogP contribution in [-0.2, 0) is 0 Å². The van der Waals surface area contributed by atoms with Crippen molar-refractivity contribution in [3.05, 3.63) is 134 Å². The van der Waals surface area contributed by atoms with Crippen molar-refractivity contribution in [1.82, 2.24) is 29.3 Å². The second-order valence-electron chi connectivity index (χ2n) is 9.84. The third-order valence-corrected chi connectivity index (χ3v) is 7.30. The minimum Gasteiger partial charge on any atom is -0.284 e. The van der Waals surface area contributed by atoms with E-state index in [0.29, 0.717) is 5.82 Å². The Balaban J connectivity index is 1.27. The highest BCUT2D eigenvalue weighted by Gasteiger charge is 2.16. The molecule has 6 heteroatoms. The minimum atomic E-state index is 0.665. The Hall–Kier alpha value is -5.75. The number of hydrogen-bond acceptors (Lipinski definition) is 5. The van der Waals surface area contributed by atoms with Gasteiger partial charge in [0.2, 0.25) is 0 Å². The Bertz CT molecular complexity index is 2130. The summed E-state index contributed by atoms with van der Waals surface area (Å²) in [5.41, 5.74) is 8.96. The minimum absolute atomic E-state index is 0.665. The molecular formula is C35H22N6. The van der Waals surface area contributed by atoms with Gasteiger partial charge in [0.15, 0.2) is 11.5 Å². The number of hydrogen-bond donors (Lipinski definition) is 0. The lowest BCUT2D eigenvalue weighted by Crippen LogP contribution is -1.97. The molecular weight excluding hydrogens is 504 g/mol. The van der Waals surface area contributed by atoms with Crippen molar-refractivity contribution < 1.29 is 0 Å². The van der Waals surface area contributed by atoms with Crippen LogP contribution < -0.4 is 0 Å². The van der Waals surface area contributed by atoms with Crippen LogP contribution in [0.3, 0.4) is 0 Å². The van der Waals surface area contributed by atoms with Crippen LogP contribution in [0.5, 0.6) is 0 Å². The topological polar surface area (TPSA) is 68.9 Å². The van der Waals surface area contributed by atoms with Gasteiger partial charge in [-0.25, -0.2) is 19.9 Å². The van der Waals surface area contributed by atoms with E-state index in [1.54, 1.807) is 6.20 Å². The first-order valence-corrected chi connectivity index (χ1v) is 13.4. The van der Waals surface area contributed by atoms with E-state index >= 15 is 0 Å². The zero-order valence-electron chi connectivity index (χ0n) is 21.9. The van der Waals surface area contributed by atoms with Crippen LogP contribution in [0.15, 0.2) is 134 Å². The first kappa shape index (κ1) is 23.2. The molecule has 0 saturated carbocycles. The molecule has 0 bridgehead atoms. The third-order valence-electron chi connectivity index (χ3n) is 7.30. The fourth-order valence-electron chi connectivity index (χ4n) is 5.31. The number of rotatable bonds is 4. The summed E-state index contributed by atoms with van der Waals surface area (Å²) in [6.07, 6.45) is 3.80. The number of aromatic nitrogens is 6. The van der Waals surface area contributed by atoms with E-state index in [0.717, 1.165) is 67.0 Å². The molecule has 0 aliphatic heterocycles. The Morgan fingerprint density at radius 3 is 2.05 bits per heavy atom.